The maximum absolute atomic E-state index is 8.28. The third-order valence-electron chi connectivity index (χ3n) is 1.04. The van der Waals surface area contributed by atoms with Gasteiger partial charge < -0.3 is 0 Å². The molecule has 0 atom stereocenters. The van der Waals surface area contributed by atoms with Crippen molar-refractivity contribution < 1.29 is 3.80 Å². The van der Waals surface area contributed by atoms with Crippen LogP contribution in [0, 0.1) is 0 Å². The Bertz CT molecular complexity index is 184. The molecule has 0 heterocycles. The second kappa shape index (κ2) is 6.41. The molecule has 0 unspecified atom stereocenters. The van der Waals surface area contributed by atoms with Crippen molar-refractivity contribution in [2.75, 3.05) is 0 Å². The molecule has 0 aliphatic heterocycles. The van der Waals surface area contributed by atoms with Crippen LogP contribution >= 0.6 is 0 Å². The summed E-state index contributed by atoms with van der Waals surface area (Å²) in [6.45, 7) is 3.63. The van der Waals surface area contributed by atoms with Gasteiger partial charge in [0.2, 0.25) is 0 Å². The Morgan fingerprint density at radius 2 is 1.70 bits per heavy atom. The van der Waals surface area contributed by atoms with E-state index in [9.17, 15) is 0 Å². The summed E-state index contributed by atoms with van der Waals surface area (Å²) in [6.07, 6.45) is 1.83. The summed E-state index contributed by atoms with van der Waals surface area (Å²) < 4.78 is 8.28. The molecule has 1 nitrogen and oxygen atoms in total. The van der Waals surface area contributed by atoms with Gasteiger partial charge in [-0.25, -0.2) is 0 Å². The number of hydrogen-bond acceptors (Lipinski definition) is 1. The van der Waals surface area contributed by atoms with Gasteiger partial charge in [0.05, 0.1) is 0 Å². The summed E-state index contributed by atoms with van der Waals surface area (Å²) in [7, 11) is 0. The van der Waals surface area contributed by atoms with E-state index in [-0.39, 0.29) is 0 Å². The van der Waals surface area contributed by atoms with Gasteiger partial charge in [-0.15, -0.1) is 0 Å². The Morgan fingerprint density at radius 3 is 2.00 bits per heavy atom. The van der Waals surface area contributed by atoms with Crippen molar-refractivity contribution in [1.82, 2.24) is 0 Å². The van der Waals surface area contributed by atoms with Crippen molar-refractivity contribution in [2.45, 2.75) is 0 Å². The molecular formula is C8H9AlO. The van der Waals surface area contributed by atoms with Crippen molar-refractivity contribution in [3.05, 3.63) is 42.5 Å². The SMILES string of the molecule is C=Cc1ccccc1.[O]=[AlH]. The van der Waals surface area contributed by atoms with E-state index in [4.69, 9.17) is 3.80 Å². The van der Waals surface area contributed by atoms with E-state index in [2.05, 4.69) is 6.58 Å². The van der Waals surface area contributed by atoms with Gasteiger partial charge in [0.25, 0.3) is 0 Å². The van der Waals surface area contributed by atoms with E-state index in [0.29, 0.717) is 16.2 Å². The van der Waals surface area contributed by atoms with E-state index in [1.807, 2.05) is 36.4 Å². The molecule has 0 saturated carbocycles. The predicted octanol–water partition coefficient (Wildman–Crippen LogP) is 1.56. The standard InChI is InChI=1S/C8H8.Al.O.H/c1-2-8-6-4-3-5-7-8;;;/h2-7H,1H2;;;. The Morgan fingerprint density at radius 1 is 1.20 bits per heavy atom. The fourth-order valence-corrected chi connectivity index (χ4v) is 0.589. The molecule has 2 heteroatoms. The maximum atomic E-state index is 8.28. The zero-order valence-electron chi connectivity index (χ0n) is 5.79. The summed E-state index contributed by atoms with van der Waals surface area (Å²) in [5.74, 6) is 0. The van der Waals surface area contributed by atoms with Crippen LogP contribution in [0.5, 0.6) is 0 Å². The molecule has 0 bridgehead atoms. The minimum atomic E-state index is 0.611. The molecule has 1 aromatic rings. The first-order chi connectivity index (χ1) is 4.93. The topological polar surface area (TPSA) is 17.1 Å². The first-order valence-corrected chi connectivity index (χ1v) is 3.47. The monoisotopic (exact) mass is 148 g/mol. The zero-order valence-corrected chi connectivity index (χ0v) is 7.20. The fourth-order valence-electron chi connectivity index (χ4n) is 0.589. The van der Waals surface area contributed by atoms with E-state index in [0.717, 1.165) is 0 Å². The predicted molar refractivity (Wildman–Crippen MR) is 44.4 cm³/mol. The van der Waals surface area contributed by atoms with E-state index < -0.39 is 0 Å². The molecule has 0 spiro atoms. The molecule has 0 amide bonds. The van der Waals surface area contributed by atoms with Gasteiger partial charge in [-0.3, -0.25) is 0 Å². The zero-order chi connectivity index (χ0) is 7.82. The molecule has 0 aliphatic rings. The summed E-state index contributed by atoms with van der Waals surface area (Å²) in [4.78, 5) is 0. The van der Waals surface area contributed by atoms with Crippen LogP contribution in [0.15, 0.2) is 36.9 Å². The molecule has 0 N–H and O–H groups in total. The van der Waals surface area contributed by atoms with Gasteiger partial charge in [-0.05, 0) is 5.56 Å². The Balaban J connectivity index is 0.000000371. The summed E-state index contributed by atoms with van der Waals surface area (Å²) in [5.41, 5.74) is 1.17. The Labute approximate surface area is 69.0 Å². The Kier molecular flexibility index (Phi) is 5.96. The van der Waals surface area contributed by atoms with Crippen molar-refractivity contribution in [3.63, 3.8) is 0 Å². The third kappa shape index (κ3) is 3.34. The summed E-state index contributed by atoms with van der Waals surface area (Å²) >= 11 is 0.611. The van der Waals surface area contributed by atoms with E-state index in [1.54, 1.807) is 0 Å². The first-order valence-electron chi connectivity index (χ1n) is 2.90. The average molecular weight is 148 g/mol. The molecular weight excluding hydrogens is 139 g/mol. The van der Waals surface area contributed by atoms with Gasteiger partial charge in [-0.1, -0.05) is 43.0 Å². The van der Waals surface area contributed by atoms with Crippen LogP contribution in [0.1, 0.15) is 5.56 Å². The van der Waals surface area contributed by atoms with E-state index >= 15 is 0 Å². The molecule has 0 aromatic heterocycles. The molecule has 1 rings (SSSR count). The average Bonchev–Trinajstić information content (AvgIpc) is 2.10. The number of hydrogen-bond donors (Lipinski definition) is 0. The first kappa shape index (κ1) is 9.29. The second-order valence-corrected chi connectivity index (χ2v) is 1.61. The van der Waals surface area contributed by atoms with Crippen LogP contribution in [0.4, 0.5) is 0 Å². The number of rotatable bonds is 1. The second-order valence-electron chi connectivity index (χ2n) is 1.61. The van der Waals surface area contributed by atoms with Crippen LogP contribution in [-0.2, 0) is 3.80 Å². The normalized spacial score (nSPS) is 7.10. The van der Waals surface area contributed by atoms with Crippen molar-refractivity contribution in [1.29, 1.82) is 0 Å². The van der Waals surface area contributed by atoms with Crippen molar-refractivity contribution >= 4 is 22.3 Å². The minimum absolute atomic E-state index is 0.611. The van der Waals surface area contributed by atoms with Crippen molar-refractivity contribution in [3.8, 4) is 0 Å². The fraction of sp³-hybridized carbons (Fsp3) is 0. The van der Waals surface area contributed by atoms with Crippen LogP contribution in [0.3, 0.4) is 0 Å². The molecule has 10 heavy (non-hydrogen) atoms. The Hall–Kier alpha value is -0.708. The van der Waals surface area contributed by atoms with Crippen LogP contribution in [0.25, 0.3) is 6.08 Å². The van der Waals surface area contributed by atoms with Gasteiger partial charge in [0, 0.05) is 0 Å². The van der Waals surface area contributed by atoms with Crippen molar-refractivity contribution in [2.24, 2.45) is 0 Å². The van der Waals surface area contributed by atoms with Crippen LogP contribution in [0.2, 0.25) is 0 Å². The van der Waals surface area contributed by atoms with Crippen LogP contribution in [-0.4, -0.2) is 16.2 Å². The molecule has 50 valence electrons. The van der Waals surface area contributed by atoms with Gasteiger partial charge in [0.15, 0.2) is 0 Å². The van der Waals surface area contributed by atoms with Gasteiger partial charge in [-0.2, -0.15) is 0 Å². The van der Waals surface area contributed by atoms with Gasteiger partial charge in [0.1, 0.15) is 0 Å². The third-order valence-corrected chi connectivity index (χ3v) is 1.04. The molecule has 0 saturated heterocycles. The van der Waals surface area contributed by atoms with E-state index in [1.165, 1.54) is 5.56 Å². The quantitative estimate of drug-likeness (QED) is 0.552. The number of benzene rings is 1. The van der Waals surface area contributed by atoms with Gasteiger partial charge >= 0.3 is 20.0 Å². The van der Waals surface area contributed by atoms with Crippen LogP contribution < -0.4 is 0 Å². The molecule has 0 radical (unpaired) electrons. The molecule has 1 aromatic carbocycles. The molecule has 0 aliphatic carbocycles. The molecule has 0 fully saturated rings. The summed E-state index contributed by atoms with van der Waals surface area (Å²) in [5, 5.41) is 0. The summed E-state index contributed by atoms with van der Waals surface area (Å²) in [6, 6.07) is 10.0.